The van der Waals surface area contributed by atoms with Gasteiger partial charge in [0.1, 0.15) is 6.04 Å². The van der Waals surface area contributed by atoms with Crippen molar-refractivity contribution in [2.45, 2.75) is 57.5 Å². The number of hydrogen-bond acceptors (Lipinski definition) is 3. The fourth-order valence-electron chi connectivity index (χ4n) is 2.65. The minimum Gasteiger partial charge on any atom is -0.480 e. The number of carboxylic acid groups (broad SMARTS) is 1. The molecule has 3 N–H and O–H groups in total. The number of amides is 2. The van der Waals surface area contributed by atoms with Gasteiger partial charge < -0.3 is 15.7 Å². The van der Waals surface area contributed by atoms with Crippen LogP contribution in [0, 0.1) is 5.92 Å². The van der Waals surface area contributed by atoms with Crippen molar-refractivity contribution in [3.8, 4) is 0 Å². The van der Waals surface area contributed by atoms with Gasteiger partial charge in [0.15, 0.2) is 0 Å². The standard InChI is InChI=1S/C14H26N2O3S/c1-10(11-6-4-3-5-7-11)15-14(19)16-12(13(17)18)8-9-20-2/h10-12H,3-9H2,1-2H3,(H,17,18)(H2,15,16,19)/t10?,12-/m1/s1. The number of thioether (sulfide) groups is 1. The lowest BCUT2D eigenvalue weighted by Gasteiger charge is -2.28. The van der Waals surface area contributed by atoms with E-state index in [0.29, 0.717) is 12.3 Å². The molecule has 0 aliphatic heterocycles. The first-order valence-electron chi connectivity index (χ1n) is 7.33. The SMILES string of the molecule is CSCC[C@@H](NC(=O)NC(C)C1CCCCC1)C(=O)O. The minimum atomic E-state index is -0.973. The molecule has 0 spiro atoms. The summed E-state index contributed by atoms with van der Waals surface area (Å²) in [6.07, 6.45) is 8.40. The molecule has 1 aliphatic rings. The van der Waals surface area contributed by atoms with Crippen LogP contribution in [0.2, 0.25) is 0 Å². The van der Waals surface area contributed by atoms with Crippen LogP contribution in [-0.2, 0) is 4.79 Å². The first-order chi connectivity index (χ1) is 9.54. The zero-order valence-corrected chi connectivity index (χ0v) is 13.2. The third-order valence-electron chi connectivity index (χ3n) is 3.93. The molecule has 0 aromatic heterocycles. The molecule has 0 bridgehead atoms. The van der Waals surface area contributed by atoms with Gasteiger partial charge in [0, 0.05) is 6.04 Å². The third kappa shape index (κ3) is 6.03. The maximum absolute atomic E-state index is 11.9. The fourth-order valence-corrected chi connectivity index (χ4v) is 3.12. The molecule has 20 heavy (non-hydrogen) atoms. The van der Waals surface area contributed by atoms with E-state index in [4.69, 9.17) is 5.11 Å². The third-order valence-corrected chi connectivity index (χ3v) is 4.57. The van der Waals surface area contributed by atoms with E-state index in [1.165, 1.54) is 19.3 Å². The van der Waals surface area contributed by atoms with Gasteiger partial charge in [-0.2, -0.15) is 11.8 Å². The second-order valence-electron chi connectivity index (χ2n) is 5.48. The Balaban J connectivity index is 2.37. The predicted molar refractivity (Wildman–Crippen MR) is 82.1 cm³/mol. The molecule has 0 saturated heterocycles. The summed E-state index contributed by atoms with van der Waals surface area (Å²) in [6.45, 7) is 2.01. The van der Waals surface area contributed by atoms with Crippen LogP contribution in [0.4, 0.5) is 4.79 Å². The summed E-state index contributed by atoms with van der Waals surface area (Å²) in [7, 11) is 0. The Hall–Kier alpha value is -0.910. The van der Waals surface area contributed by atoms with Gasteiger partial charge >= 0.3 is 12.0 Å². The summed E-state index contributed by atoms with van der Waals surface area (Å²) >= 11 is 1.58. The number of nitrogens with one attached hydrogen (secondary N) is 2. The molecule has 0 radical (unpaired) electrons. The first kappa shape index (κ1) is 17.1. The second-order valence-corrected chi connectivity index (χ2v) is 6.46. The molecule has 1 unspecified atom stereocenters. The summed E-state index contributed by atoms with van der Waals surface area (Å²) in [5.41, 5.74) is 0. The average Bonchev–Trinajstić information content (AvgIpc) is 2.44. The van der Waals surface area contributed by atoms with Gasteiger partial charge in [-0.25, -0.2) is 9.59 Å². The molecule has 1 aliphatic carbocycles. The largest absolute Gasteiger partial charge is 0.480 e. The van der Waals surface area contributed by atoms with Crippen LogP contribution < -0.4 is 10.6 Å². The van der Waals surface area contributed by atoms with Crippen LogP contribution in [0.3, 0.4) is 0 Å². The van der Waals surface area contributed by atoms with Crippen LogP contribution in [0.5, 0.6) is 0 Å². The van der Waals surface area contributed by atoms with Crippen molar-refractivity contribution in [3.63, 3.8) is 0 Å². The van der Waals surface area contributed by atoms with Gasteiger partial charge in [-0.1, -0.05) is 19.3 Å². The van der Waals surface area contributed by atoms with Crippen LogP contribution in [0.25, 0.3) is 0 Å². The van der Waals surface area contributed by atoms with E-state index in [1.807, 2.05) is 13.2 Å². The van der Waals surface area contributed by atoms with Crippen LogP contribution in [0.15, 0.2) is 0 Å². The first-order valence-corrected chi connectivity index (χ1v) is 8.72. The van der Waals surface area contributed by atoms with Crippen LogP contribution in [0.1, 0.15) is 45.4 Å². The maximum Gasteiger partial charge on any atom is 0.326 e. The highest BCUT2D eigenvalue weighted by atomic mass is 32.2. The Morgan fingerprint density at radius 2 is 1.90 bits per heavy atom. The number of hydrogen-bond donors (Lipinski definition) is 3. The number of carbonyl (C=O) groups is 2. The summed E-state index contributed by atoms with van der Waals surface area (Å²) < 4.78 is 0. The summed E-state index contributed by atoms with van der Waals surface area (Å²) in [5, 5.41) is 14.5. The number of rotatable bonds is 7. The van der Waals surface area contributed by atoms with E-state index in [0.717, 1.165) is 18.6 Å². The van der Waals surface area contributed by atoms with Gasteiger partial charge in [-0.05, 0) is 44.1 Å². The average molecular weight is 302 g/mol. The van der Waals surface area contributed by atoms with E-state index in [2.05, 4.69) is 10.6 Å². The van der Waals surface area contributed by atoms with E-state index in [-0.39, 0.29) is 12.1 Å². The Bertz CT molecular complexity index is 320. The summed E-state index contributed by atoms with van der Waals surface area (Å²) in [5.74, 6) is 0.263. The molecule has 1 fully saturated rings. The quantitative estimate of drug-likeness (QED) is 0.675. The molecular weight excluding hydrogens is 276 g/mol. The highest BCUT2D eigenvalue weighted by Gasteiger charge is 2.24. The van der Waals surface area contributed by atoms with E-state index in [1.54, 1.807) is 11.8 Å². The van der Waals surface area contributed by atoms with Gasteiger partial charge in [0.2, 0.25) is 0 Å². The predicted octanol–water partition coefficient (Wildman–Crippen LogP) is 2.46. The normalized spacial score (nSPS) is 19.1. The molecule has 0 aromatic rings. The molecule has 6 heteroatoms. The minimum absolute atomic E-state index is 0.102. The van der Waals surface area contributed by atoms with Crippen molar-refractivity contribution < 1.29 is 14.7 Å². The lowest BCUT2D eigenvalue weighted by Crippen LogP contribution is -2.50. The Labute approximate surface area is 125 Å². The summed E-state index contributed by atoms with van der Waals surface area (Å²) in [4.78, 5) is 23.0. The zero-order valence-electron chi connectivity index (χ0n) is 12.4. The van der Waals surface area contributed by atoms with Crippen LogP contribution >= 0.6 is 11.8 Å². The van der Waals surface area contributed by atoms with Crippen molar-refractivity contribution in [2.75, 3.05) is 12.0 Å². The number of carbonyl (C=O) groups excluding carboxylic acids is 1. The van der Waals surface area contributed by atoms with E-state index < -0.39 is 12.0 Å². The van der Waals surface area contributed by atoms with Gasteiger partial charge in [-0.3, -0.25) is 0 Å². The molecular formula is C14H26N2O3S. The summed E-state index contributed by atoms with van der Waals surface area (Å²) in [6, 6.07) is -1.07. The Morgan fingerprint density at radius 3 is 2.45 bits per heavy atom. The molecule has 5 nitrogen and oxygen atoms in total. The monoisotopic (exact) mass is 302 g/mol. The topological polar surface area (TPSA) is 78.4 Å². The number of aliphatic carboxylic acids is 1. The maximum atomic E-state index is 11.9. The van der Waals surface area contributed by atoms with Crippen molar-refractivity contribution in [3.05, 3.63) is 0 Å². The lowest BCUT2D eigenvalue weighted by molar-refractivity contribution is -0.139. The molecule has 0 aromatic carbocycles. The molecule has 0 heterocycles. The molecule has 116 valence electrons. The smallest absolute Gasteiger partial charge is 0.326 e. The van der Waals surface area contributed by atoms with E-state index >= 15 is 0 Å². The highest BCUT2D eigenvalue weighted by Crippen LogP contribution is 2.26. The number of carboxylic acids is 1. The van der Waals surface area contributed by atoms with E-state index in [9.17, 15) is 9.59 Å². The van der Waals surface area contributed by atoms with Crippen molar-refractivity contribution in [2.24, 2.45) is 5.92 Å². The van der Waals surface area contributed by atoms with Crippen molar-refractivity contribution >= 4 is 23.8 Å². The van der Waals surface area contributed by atoms with Gasteiger partial charge in [0.05, 0.1) is 0 Å². The molecule has 2 amide bonds. The van der Waals surface area contributed by atoms with Gasteiger partial charge in [-0.15, -0.1) is 0 Å². The lowest BCUT2D eigenvalue weighted by atomic mass is 9.85. The molecule has 2 atom stereocenters. The fraction of sp³-hybridized carbons (Fsp3) is 0.857. The van der Waals surface area contributed by atoms with Crippen LogP contribution in [-0.4, -0.2) is 41.2 Å². The Kier molecular flexibility index (Phi) is 7.80. The second kappa shape index (κ2) is 9.10. The zero-order chi connectivity index (χ0) is 15.0. The molecule has 1 rings (SSSR count). The van der Waals surface area contributed by atoms with Crippen molar-refractivity contribution in [1.82, 2.24) is 10.6 Å². The Morgan fingerprint density at radius 1 is 1.25 bits per heavy atom. The number of urea groups is 1. The highest BCUT2D eigenvalue weighted by molar-refractivity contribution is 7.98. The van der Waals surface area contributed by atoms with Crippen molar-refractivity contribution in [1.29, 1.82) is 0 Å². The molecule has 1 saturated carbocycles. The van der Waals surface area contributed by atoms with Gasteiger partial charge in [0.25, 0.3) is 0 Å².